The first-order valence-corrected chi connectivity index (χ1v) is 10.8. The first-order chi connectivity index (χ1) is 12.3. The summed E-state index contributed by atoms with van der Waals surface area (Å²) < 4.78 is 0. The predicted octanol–water partition coefficient (Wildman–Crippen LogP) is 4.19. The number of carbonyl (C=O) groups is 2. The molecule has 0 N–H and O–H groups in total. The minimum atomic E-state index is 0.121. The van der Waals surface area contributed by atoms with E-state index in [0.29, 0.717) is 29.6 Å². The van der Waals surface area contributed by atoms with E-state index in [1.54, 1.807) is 6.92 Å². The van der Waals surface area contributed by atoms with E-state index in [9.17, 15) is 9.59 Å². The number of amides is 2. The second-order valence-corrected chi connectivity index (χ2v) is 9.25. The molecule has 0 radical (unpaired) electrons. The molecule has 4 unspecified atom stereocenters. The lowest BCUT2D eigenvalue weighted by molar-refractivity contribution is -0.137. The van der Waals surface area contributed by atoms with Gasteiger partial charge in [0.25, 0.3) is 0 Å². The molecule has 150 valence electrons. The molecule has 2 rings (SSSR count). The van der Waals surface area contributed by atoms with Gasteiger partial charge in [-0.15, -0.1) is 0 Å². The molecule has 0 aromatic heterocycles. The highest BCUT2D eigenvalue weighted by molar-refractivity contribution is 5.78. The Morgan fingerprint density at radius 3 is 2.08 bits per heavy atom. The number of piperidine rings is 2. The molecule has 4 nitrogen and oxygen atoms in total. The van der Waals surface area contributed by atoms with Crippen LogP contribution in [0.25, 0.3) is 0 Å². The Labute approximate surface area is 160 Å². The van der Waals surface area contributed by atoms with Crippen LogP contribution in [0.5, 0.6) is 0 Å². The van der Waals surface area contributed by atoms with Crippen LogP contribution in [0.1, 0.15) is 73.1 Å². The summed E-state index contributed by atoms with van der Waals surface area (Å²) >= 11 is 0. The number of rotatable bonds is 6. The molecule has 2 aliphatic rings. The first kappa shape index (κ1) is 21.2. The lowest BCUT2D eigenvalue weighted by atomic mass is 9.82. The van der Waals surface area contributed by atoms with Crippen LogP contribution in [0.15, 0.2) is 0 Å². The molecule has 0 spiro atoms. The maximum atomic E-state index is 12.9. The van der Waals surface area contributed by atoms with Crippen LogP contribution in [0.3, 0.4) is 0 Å². The van der Waals surface area contributed by atoms with Crippen LogP contribution in [-0.4, -0.2) is 47.8 Å². The van der Waals surface area contributed by atoms with E-state index in [1.807, 2.05) is 4.90 Å². The van der Waals surface area contributed by atoms with Crippen LogP contribution >= 0.6 is 0 Å². The molecular weight excluding hydrogens is 324 g/mol. The molecule has 0 aromatic carbocycles. The topological polar surface area (TPSA) is 40.6 Å². The quantitative estimate of drug-likeness (QED) is 0.709. The van der Waals surface area contributed by atoms with Crippen molar-refractivity contribution in [3.8, 4) is 0 Å². The fourth-order valence-corrected chi connectivity index (χ4v) is 4.70. The van der Waals surface area contributed by atoms with Crippen LogP contribution in [-0.2, 0) is 9.59 Å². The third-order valence-electron chi connectivity index (χ3n) is 6.90. The van der Waals surface area contributed by atoms with Crippen LogP contribution < -0.4 is 0 Å². The fourth-order valence-electron chi connectivity index (χ4n) is 4.70. The highest BCUT2D eigenvalue weighted by Gasteiger charge is 2.30. The maximum Gasteiger partial charge on any atom is 0.225 e. The Balaban J connectivity index is 1.79. The SMILES string of the molecule is CC(=O)N1CCCC(C(C)CCC(C)C(=O)N2CCCC(C(C)C)C2)C1. The summed E-state index contributed by atoms with van der Waals surface area (Å²) in [4.78, 5) is 28.6. The number of hydrogen-bond donors (Lipinski definition) is 0. The van der Waals surface area contributed by atoms with Crippen molar-refractivity contribution in [1.82, 2.24) is 9.80 Å². The minimum Gasteiger partial charge on any atom is -0.343 e. The Bertz CT molecular complexity index is 477. The van der Waals surface area contributed by atoms with E-state index in [4.69, 9.17) is 0 Å². The van der Waals surface area contributed by atoms with E-state index >= 15 is 0 Å². The first-order valence-electron chi connectivity index (χ1n) is 10.8. The van der Waals surface area contributed by atoms with Crippen molar-refractivity contribution >= 4 is 11.8 Å². The smallest absolute Gasteiger partial charge is 0.225 e. The van der Waals surface area contributed by atoms with Crippen molar-refractivity contribution < 1.29 is 9.59 Å². The van der Waals surface area contributed by atoms with E-state index in [1.165, 1.54) is 12.8 Å². The highest BCUT2D eigenvalue weighted by Crippen LogP contribution is 2.29. The van der Waals surface area contributed by atoms with E-state index in [0.717, 1.165) is 51.9 Å². The van der Waals surface area contributed by atoms with Gasteiger partial charge in [0.15, 0.2) is 0 Å². The largest absolute Gasteiger partial charge is 0.343 e. The summed E-state index contributed by atoms with van der Waals surface area (Å²) in [6.45, 7) is 14.4. The Kier molecular flexibility index (Phi) is 7.97. The zero-order valence-electron chi connectivity index (χ0n) is 17.7. The van der Waals surface area contributed by atoms with Crippen molar-refractivity contribution in [3.63, 3.8) is 0 Å². The van der Waals surface area contributed by atoms with Crippen LogP contribution in [0.4, 0.5) is 0 Å². The maximum absolute atomic E-state index is 12.9. The normalized spacial score (nSPS) is 26.7. The van der Waals surface area contributed by atoms with Gasteiger partial charge in [0.2, 0.25) is 11.8 Å². The van der Waals surface area contributed by atoms with Gasteiger partial charge in [0.1, 0.15) is 0 Å². The summed E-state index contributed by atoms with van der Waals surface area (Å²) in [5, 5.41) is 0. The molecular formula is C22H40N2O2. The predicted molar refractivity (Wildman–Crippen MR) is 107 cm³/mol. The standard InChI is InChI=1S/C22H40N2O2/c1-16(2)20-8-6-13-24(14-20)22(26)18(4)11-10-17(3)21-9-7-12-23(15-21)19(5)25/h16-18,20-21H,6-15H2,1-5H3. The average molecular weight is 365 g/mol. The molecule has 2 saturated heterocycles. The van der Waals surface area contributed by atoms with Crippen molar-refractivity contribution in [1.29, 1.82) is 0 Å². The van der Waals surface area contributed by atoms with Gasteiger partial charge in [-0.05, 0) is 62.2 Å². The zero-order chi connectivity index (χ0) is 19.3. The Morgan fingerprint density at radius 2 is 1.46 bits per heavy atom. The molecule has 0 saturated carbocycles. The van der Waals surface area contributed by atoms with Crippen LogP contribution in [0.2, 0.25) is 0 Å². The molecule has 2 fully saturated rings. The van der Waals surface area contributed by atoms with Crippen LogP contribution in [0, 0.1) is 29.6 Å². The summed E-state index contributed by atoms with van der Waals surface area (Å²) in [6, 6.07) is 0. The highest BCUT2D eigenvalue weighted by atomic mass is 16.2. The molecule has 0 aromatic rings. The summed E-state index contributed by atoms with van der Waals surface area (Å²) in [5.74, 6) is 3.19. The number of carbonyl (C=O) groups excluding carboxylic acids is 2. The third kappa shape index (κ3) is 5.72. The zero-order valence-corrected chi connectivity index (χ0v) is 17.7. The van der Waals surface area contributed by atoms with Gasteiger partial charge in [0.05, 0.1) is 0 Å². The van der Waals surface area contributed by atoms with Gasteiger partial charge < -0.3 is 9.80 Å². The summed E-state index contributed by atoms with van der Waals surface area (Å²) in [6.07, 6.45) is 6.81. The van der Waals surface area contributed by atoms with Gasteiger partial charge in [-0.25, -0.2) is 0 Å². The second kappa shape index (κ2) is 9.75. The van der Waals surface area contributed by atoms with Gasteiger partial charge in [-0.3, -0.25) is 9.59 Å². The second-order valence-electron chi connectivity index (χ2n) is 9.25. The molecule has 4 atom stereocenters. The average Bonchev–Trinajstić information content (AvgIpc) is 2.65. The van der Waals surface area contributed by atoms with Gasteiger partial charge >= 0.3 is 0 Å². The van der Waals surface area contributed by atoms with E-state index < -0.39 is 0 Å². The van der Waals surface area contributed by atoms with Crippen molar-refractivity contribution in [2.75, 3.05) is 26.2 Å². The van der Waals surface area contributed by atoms with Gasteiger partial charge in [0, 0.05) is 39.0 Å². The molecule has 2 amide bonds. The molecule has 0 aliphatic carbocycles. The Morgan fingerprint density at radius 1 is 0.885 bits per heavy atom. The van der Waals surface area contributed by atoms with E-state index in [2.05, 4.69) is 32.6 Å². The third-order valence-corrected chi connectivity index (χ3v) is 6.90. The number of nitrogens with zero attached hydrogens (tertiary/aromatic N) is 2. The van der Waals surface area contributed by atoms with E-state index in [-0.39, 0.29) is 11.8 Å². The summed E-state index contributed by atoms with van der Waals surface area (Å²) in [7, 11) is 0. The van der Waals surface area contributed by atoms with Crippen molar-refractivity contribution in [3.05, 3.63) is 0 Å². The van der Waals surface area contributed by atoms with Crippen molar-refractivity contribution in [2.24, 2.45) is 29.6 Å². The fraction of sp³-hybridized carbons (Fsp3) is 0.909. The number of likely N-dealkylation sites (tertiary alicyclic amines) is 2. The molecule has 26 heavy (non-hydrogen) atoms. The number of hydrogen-bond acceptors (Lipinski definition) is 2. The van der Waals surface area contributed by atoms with Gasteiger partial charge in [-0.2, -0.15) is 0 Å². The Hall–Kier alpha value is -1.06. The minimum absolute atomic E-state index is 0.121. The molecule has 4 heteroatoms. The lowest BCUT2D eigenvalue weighted by Crippen LogP contribution is -2.44. The molecule has 2 aliphatic heterocycles. The van der Waals surface area contributed by atoms with Crippen molar-refractivity contribution in [2.45, 2.75) is 73.1 Å². The summed E-state index contributed by atoms with van der Waals surface area (Å²) in [5.41, 5.74) is 0. The molecule has 2 heterocycles. The van der Waals surface area contributed by atoms with Gasteiger partial charge in [-0.1, -0.05) is 27.7 Å². The lowest BCUT2D eigenvalue weighted by Gasteiger charge is -2.37. The monoisotopic (exact) mass is 364 g/mol. The molecule has 0 bridgehead atoms.